The zero-order valence-corrected chi connectivity index (χ0v) is 11.9. The number of aromatic nitrogens is 3. The number of aryl methyl sites for hydroxylation is 1. The predicted molar refractivity (Wildman–Crippen MR) is 77.4 cm³/mol. The summed E-state index contributed by atoms with van der Waals surface area (Å²) in [5.41, 5.74) is 2.45. The van der Waals surface area contributed by atoms with E-state index in [0.29, 0.717) is 19.4 Å². The maximum atomic E-state index is 11.1. The maximum absolute atomic E-state index is 11.1. The number of benzene rings is 1. The summed E-state index contributed by atoms with van der Waals surface area (Å²) in [7, 11) is 0. The van der Waals surface area contributed by atoms with Crippen LogP contribution in [0.4, 0.5) is 0 Å². The van der Waals surface area contributed by atoms with Crippen molar-refractivity contribution >= 4 is 5.91 Å². The van der Waals surface area contributed by atoms with Gasteiger partial charge in [0.15, 0.2) is 5.82 Å². The number of amides is 1. The number of hydrogen-bond donors (Lipinski definition) is 2. The molecule has 0 unspecified atom stereocenters. The van der Waals surface area contributed by atoms with E-state index in [0.717, 1.165) is 18.1 Å². The molecule has 106 valence electrons. The SMILES string of the molecule is CCC(=O)NCCc1n[nH]c(Cc2ccc(C)cc2)n1. The van der Waals surface area contributed by atoms with Crippen LogP contribution in [0.25, 0.3) is 0 Å². The molecule has 1 heterocycles. The Bertz CT molecular complexity index is 560. The normalized spacial score (nSPS) is 10.5. The Hall–Kier alpha value is -2.17. The molecule has 20 heavy (non-hydrogen) atoms. The second-order valence-corrected chi connectivity index (χ2v) is 4.81. The molecule has 0 aliphatic heterocycles. The highest BCUT2D eigenvalue weighted by atomic mass is 16.1. The predicted octanol–water partition coefficient (Wildman–Crippen LogP) is 1.77. The number of aromatic amines is 1. The Morgan fingerprint density at radius 2 is 2.05 bits per heavy atom. The van der Waals surface area contributed by atoms with Crippen molar-refractivity contribution in [3.63, 3.8) is 0 Å². The number of rotatable bonds is 6. The first-order valence-electron chi connectivity index (χ1n) is 6.89. The standard InChI is InChI=1S/C15H20N4O/c1-3-15(20)16-9-8-13-17-14(19-18-13)10-12-6-4-11(2)5-7-12/h4-7H,3,8-10H2,1-2H3,(H,16,20)(H,17,18,19). The molecule has 0 fully saturated rings. The van der Waals surface area contributed by atoms with E-state index in [2.05, 4.69) is 51.7 Å². The first kappa shape index (κ1) is 14.2. The van der Waals surface area contributed by atoms with Gasteiger partial charge in [0.05, 0.1) is 0 Å². The van der Waals surface area contributed by atoms with Crippen molar-refractivity contribution in [2.45, 2.75) is 33.1 Å². The fraction of sp³-hybridized carbons (Fsp3) is 0.400. The fourth-order valence-electron chi connectivity index (χ4n) is 1.86. The highest BCUT2D eigenvalue weighted by molar-refractivity contribution is 5.75. The zero-order chi connectivity index (χ0) is 14.4. The second-order valence-electron chi connectivity index (χ2n) is 4.81. The van der Waals surface area contributed by atoms with E-state index in [9.17, 15) is 4.79 Å². The minimum absolute atomic E-state index is 0.0559. The molecule has 0 spiro atoms. The average molecular weight is 272 g/mol. The van der Waals surface area contributed by atoms with Gasteiger partial charge < -0.3 is 5.32 Å². The van der Waals surface area contributed by atoms with Gasteiger partial charge in [-0.05, 0) is 12.5 Å². The highest BCUT2D eigenvalue weighted by Crippen LogP contribution is 2.07. The van der Waals surface area contributed by atoms with Crippen LogP contribution in [0, 0.1) is 6.92 Å². The number of nitrogens with one attached hydrogen (secondary N) is 2. The number of carbonyl (C=O) groups is 1. The van der Waals surface area contributed by atoms with Gasteiger partial charge in [-0.25, -0.2) is 4.98 Å². The maximum Gasteiger partial charge on any atom is 0.219 e. The molecule has 1 aromatic carbocycles. The van der Waals surface area contributed by atoms with Crippen LogP contribution in [0.1, 0.15) is 36.1 Å². The van der Waals surface area contributed by atoms with Gasteiger partial charge in [0.2, 0.25) is 5.91 Å². The summed E-state index contributed by atoms with van der Waals surface area (Å²) >= 11 is 0. The van der Waals surface area contributed by atoms with Crippen LogP contribution < -0.4 is 5.32 Å². The van der Waals surface area contributed by atoms with Crippen LogP contribution in [-0.4, -0.2) is 27.6 Å². The molecule has 2 aromatic rings. The lowest BCUT2D eigenvalue weighted by molar-refractivity contribution is -0.120. The summed E-state index contributed by atoms with van der Waals surface area (Å²) in [6.45, 7) is 4.48. The van der Waals surface area contributed by atoms with Gasteiger partial charge in [0.1, 0.15) is 5.82 Å². The fourth-order valence-corrected chi connectivity index (χ4v) is 1.86. The second kappa shape index (κ2) is 6.84. The molecular weight excluding hydrogens is 252 g/mol. The smallest absolute Gasteiger partial charge is 0.219 e. The molecule has 2 rings (SSSR count). The lowest BCUT2D eigenvalue weighted by Crippen LogP contribution is -2.24. The van der Waals surface area contributed by atoms with E-state index in [1.807, 2.05) is 6.92 Å². The van der Waals surface area contributed by atoms with Gasteiger partial charge >= 0.3 is 0 Å². The third-order valence-corrected chi connectivity index (χ3v) is 3.06. The van der Waals surface area contributed by atoms with E-state index in [4.69, 9.17) is 0 Å². The first-order valence-corrected chi connectivity index (χ1v) is 6.89. The quantitative estimate of drug-likeness (QED) is 0.842. The molecule has 1 amide bonds. The van der Waals surface area contributed by atoms with Crippen molar-refractivity contribution in [1.29, 1.82) is 0 Å². The van der Waals surface area contributed by atoms with Gasteiger partial charge in [-0.1, -0.05) is 36.8 Å². The molecule has 0 aliphatic carbocycles. The van der Waals surface area contributed by atoms with E-state index in [-0.39, 0.29) is 5.91 Å². The monoisotopic (exact) mass is 272 g/mol. The van der Waals surface area contributed by atoms with Crippen molar-refractivity contribution in [3.05, 3.63) is 47.0 Å². The Balaban J connectivity index is 1.85. The van der Waals surface area contributed by atoms with Crippen molar-refractivity contribution in [1.82, 2.24) is 20.5 Å². The van der Waals surface area contributed by atoms with Crippen LogP contribution in [0.5, 0.6) is 0 Å². The number of hydrogen-bond acceptors (Lipinski definition) is 3. The number of carbonyl (C=O) groups excluding carboxylic acids is 1. The molecule has 0 saturated carbocycles. The molecule has 0 radical (unpaired) electrons. The van der Waals surface area contributed by atoms with Gasteiger partial charge in [-0.2, -0.15) is 5.10 Å². The Morgan fingerprint density at radius 1 is 1.30 bits per heavy atom. The lowest BCUT2D eigenvalue weighted by Gasteiger charge is -2.00. The summed E-state index contributed by atoms with van der Waals surface area (Å²) in [6.07, 6.45) is 1.90. The van der Waals surface area contributed by atoms with Crippen molar-refractivity contribution < 1.29 is 4.79 Å². The Labute approximate surface area is 118 Å². The van der Waals surface area contributed by atoms with Gasteiger partial charge in [-0.3, -0.25) is 9.89 Å². The van der Waals surface area contributed by atoms with Crippen LogP contribution >= 0.6 is 0 Å². The molecule has 0 aliphatic rings. The molecule has 2 N–H and O–H groups in total. The van der Waals surface area contributed by atoms with E-state index in [1.165, 1.54) is 11.1 Å². The summed E-state index contributed by atoms with van der Waals surface area (Å²) in [5.74, 6) is 1.65. The van der Waals surface area contributed by atoms with Crippen molar-refractivity contribution in [2.75, 3.05) is 6.54 Å². The van der Waals surface area contributed by atoms with Gasteiger partial charge in [-0.15, -0.1) is 0 Å². The van der Waals surface area contributed by atoms with Crippen LogP contribution in [0.3, 0.4) is 0 Å². The molecule has 5 nitrogen and oxygen atoms in total. The highest BCUT2D eigenvalue weighted by Gasteiger charge is 2.05. The minimum Gasteiger partial charge on any atom is -0.356 e. The molecular formula is C15H20N4O. The first-order chi connectivity index (χ1) is 9.67. The van der Waals surface area contributed by atoms with Gasteiger partial charge in [0.25, 0.3) is 0 Å². The molecule has 1 aromatic heterocycles. The zero-order valence-electron chi connectivity index (χ0n) is 11.9. The van der Waals surface area contributed by atoms with Gasteiger partial charge in [0, 0.05) is 25.8 Å². The largest absolute Gasteiger partial charge is 0.356 e. The van der Waals surface area contributed by atoms with Crippen LogP contribution in [0.15, 0.2) is 24.3 Å². The van der Waals surface area contributed by atoms with Crippen LogP contribution in [-0.2, 0) is 17.6 Å². The third kappa shape index (κ3) is 4.19. The van der Waals surface area contributed by atoms with Crippen molar-refractivity contribution in [3.8, 4) is 0 Å². The topological polar surface area (TPSA) is 70.7 Å². The summed E-state index contributed by atoms with van der Waals surface area (Å²) in [5, 5.41) is 9.93. The number of nitrogens with zero attached hydrogens (tertiary/aromatic N) is 2. The lowest BCUT2D eigenvalue weighted by atomic mass is 10.1. The van der Waals surface area contributed by atoms with Crippen molar-refractivity contribution in [2.24, 2.45) is 0 Å². The van der Waals surface area contributed by atoms with E-state index in [1.54, 1.807) is 0 Å². The summed E-state index contributed by atoms with van der Waals surface area (Å²) in [6, 6.07) is 8.37. The van der Waals surface area contributed by atoms with E-state index < -0.39 is 0 Å². The molecule has 0 saturated heterocycles. The third-order valence-electron chi connectivity index (χ3n) is 3.06. The molecule has 5 heteroatoms. The molecule has 0 bridgehead atoms. The number of H-pyrrole nitrogens is 1. The molecule has 0 atom stereocenters. The van der Waals surface area contributed by atoms with Crippen LogP contribution in [0.2, 0.25) is 0 Å². The van der Waals surface area contributed by atoms with E-state index >= 15 is 0 Å². The minimum atomic E-state index is 0.0559. The summed E-state index contributed by atoms with van der Waals surface area (Å²) < 4.78 is 0. The average Bonchev–Trinajstić information content (AvgIpc) is 2.89. The summed E-state index contributed by atoms with van der Waals surface area (Å²) in [4.78, 5) is 15.5. The Morgan fingerprint density at radius 3 is 2.75 bits per heavy atom. The Kier molecular flexibility index (Phi) is 4.87.